The van der Waals surface area contributed by atoms with Crippen LogP contribution in [0.5, 0.6) is 0 Å². The molecule has 0 unspecified atom stereocenters. The van der Waals surface area contributed by atoms with Gasteiger partial charge in [0.2, 0.25) is 29.5 Å². The number of rotatable bonds is 35. The monoisotopic (exact) mass is 1170 g/mol. The summed E-state index contributed by atoms with van der Waals surface area (Å²) in [5, 5.41) is 148. The number of hydrogen-bond acceptors (Lipinski definition) is 25. The highest BCUT2D eigenvalue weighted by molar-refractivity contribution is 5.87. The van der Waals surface area contributed by atoms with Gasteiger partial charge in [-0.15, -0.1) is 0 Å². The molecule has 0 aromatic carbocycles. The van der Waals surface area contributed by atoms with Gasteiger partial charge in [0.1, 0.15) is 91.5 Å². The van der Waals surface area contributed by atoms with Gasteiger partial charge in [0.25, 0.3) is 0 Å². The van der Waals surface area contributed by atoms with E-state index in [1.807, 2.05) is 6.92 Å². The molecule has 0 radical (unpaired) electrons. The van der Waals surface area contributed by atoms with Gasteiger partial charge in [-0.1, -0.05) is 19.8 Å². The fourth-order valence-electron chi connectivity index (χ4n) is 9.71. The lowest BCUT2D eigenvalue weighted by Gasteiger charge is -2.46. The van der Waals surface area contributed by atoms with Crippen molar-refractivity contribution >= 4 is 29.5 Å². The molecule has 0 aromatic rings. The summed E-state index contributed by atoms with van der Waals surface area (Å²) < 4.78 is 39.3. The van der Waals surface area contributed by atoms with Gasteiger partial charge in [-0.25, -0.2) is 0 Å². The molecule has 4 rings (SSSR count). The van der Waals surface area contributed by atoms with Crippen molar-refractivity contribution in [2.75, 3.05) is 59.2 Å². The lowest BCUT2D eigenvalue weighted by Crippen LogP contribution is -2.65. The third-order valence-corrected chi connectivity index (χ3v) is 14.6. The van der Waals surface area contributed by atoms with E-state index in [-0.39, 0.29) is 82.2 Å². The predicted molar refractivity (Wildman–Crippen MR) is 276 cm³/mol. The topological polar surface area (TPSA) is 473 Å². The van der Waals surface area contributed by atoms with Crippen LogP contribution < -0.4 is 26.6 Å². The van der Waals surface area contributed by atoms with Crippen LogP contribution in [-0.2, 0) is 57.1 Å². The zero-order valence-corrected chi connectivity index (χ0v) is 46.1. The largest absolute Gasteiger partial charge is 0.394 e. The average Bonchev–Trinajstić information content (AvgIpc) is 3.54. The predicted octanol–water partition coefficient (Wildman–Crippen LogP) is -7.00. The van der Waals surface area contributed by atoms with E-state index in [4.69, 9.17) is 33.2 Å². The minimum absolute atomic E-state index is 0.0549. The third-order valence-electron chi connectivity index (χ3n) is 14.6. The highest BCUT2D eigenvalue weighted by atomic mass is 16.7. The van der Waals surface area contributed by atoms with Crippen LogP contribution in [0.2, 0.25) is 0 Å². The Balaban J connectivity index is 1.28. The first-order valence-corrected chi connectivity index (χ1v) is 28.2. The van der Waals surface area contributed by atoms with Gasteiger partial charge < -0.3 is 126 Å². The molecule has 1 aliphatic carbocycles. The first-order chi connectivity index (χ1) is 38.6. The molecule has 0 aromatic heterocycles. The molecule has 470 valence electrons. The van der Waals surface area contributed by atoms with Gasteiger partial charge in [-0.3, -0.25) is 24.0 Å². The Labute approximate surface area is 470 Å². The Hall–Kier alpha value is -3.45. The zero-order chi connectivity index (χ0) is 59.8. The van der Waals surface area contributed by atoms with E-state index in [2.05, 4.69) is 26.6 Å². The average molecular weight is 1170 g/mol. The Morgan fingerprint density at radius 3 is 1.58 bits per heavy atom. The first kappa shape index (κ1) is 70.0. The summed E-state index contributed by atoms with van der Waals surface area (Å²) in [6, 6.07) is -1.04. The highest BCUT2D eigenvalue weighted by Crippen LogP contribution is 2.32. The van der Waals surface area contributed by atoms with E-state index in [1.165, 1.54) is 0 Å². The number of carbonyl (C=O) groups is 5. The molecule has 1 saturated carbocycles. The Morgan fingerprint density at radius 2 is 0.975 bits per heavy atom. The van der Waals surface area contributed by atoms with Crippen LogP contribution in [0.15, 0.2) is 0 Å². The molecular weight excluding hydrogens is 1080 g/mol. The van der Waals surface area contributed by atoms with Crippen molar-refractivity contribution in [2.45, 2.75) is 226 Å². The molecular formula is C51H91N5O25. The van der Waals surface area contributed by atoms with E-state index in [0.717, 1.165) is 0 Å². The summed E-state index contributed by atoms with van der Waals surface area (Å²) in [5.74, 6) is -1.83. The highest BCUT2D eigenvalue weighted by Gasteiger charge is 2.52. The number of unbranched alkanes of at least 4 members (excludes halogenated alkanes) is 5. The summed E-state index contributed by atoms with van der Waals surface area (Å²) >= 11 is 0. The number of carbonyl (C=O) groups excluding carboxylic acids is 5. The van der Waals surface area contributed by atoms with Crippen LogP contribution in [0.4, 0.5) is 0 Å². The van der Waals surface area contributed by atoms with Gasteiger partial charge in [-0.05, 0) is 64.2 Å². The van der Waals surface area contributed by atoms with Gasteiger partial charge in [0, 0.05) is 51.9 Å². The van der Waals surface area contributed by atoms with Crippen molar-refractivity contribution in [3.8, 4) is 0 Å². The maximum atomic E-state index is 13.7. The maximum absolute atomic E-state index is 13.7. The number of aliphatic hydroxyl groups excluding tert-OH is 13. The van der Waals surface area contributed by atoms with Crippen LogP contribution in [0.3, 0.4) is 0 Å². The molecule has 3 heterocycles. The van der Waals surface area contributed by atoms with Crippen molar-refractivity contribution in [3.05, 3.63) is 0 Å². The Bertz CT molecular complexity index is 1860. The van der Waals surface area contributed by atoms with E-state index < -0.39 is 154 Å². The van der Waals surface area contributed by atoms with Crippen molar-refractivity contribution in [3.63, 3.8) is 0 Å². The minimum atomic E-state index is -1.96. The van der Waals surface area contributed by atoms with E-state index in [0.29, 0.717) is 70.8 Å². The number of aliphatic hydroxyl groups is 13. The first-order valence-electron chi connectivity index (χ1n) is 28.2. The van der Waals surface area contributed by atoms with Crippen LogP contribution in [0, 0.1) is 5.92 Å². The second-order valence-electron chi connectivity index (χ2n) is 21.0. The Morgan fingerprint density at radius 1 is 0.481 bits per heavy atom. The maximum Gasteiger partial charge on any atom is 0.242 e. The van der Waals surface area contributed by atoms with Crippen LogP contribution in [0.25, 0.3) is 0 Å². The summed E-state index contributed by atoms with van der Waals surface area (Å²) in [5.41, 5.74) is 0. The number of nitrogens with one attached hydrogen (secondary N) is 5. The summed E-state index contributed by atoms with van der Waals surface area (Å²) in [6.07, 6.45) is -25.0. The van der Waals surface area contributed by atoms with E-state index >= 15 is 0 Å². The van der Waals surface area contributed by atoms with Crippen LogP contribution in [0.1, 0.15) is 104 Å². The molecule has 18 N–H and O–H groups in total. The van der Waals surface area contributed by atoms with Crippen molar-refractivity contribution < 1.29 is 124 Å². The molecule has 3 aliphatic heterocycles. The van der Waals surface area contributed by atoms with Crippen molar-refractivity contribution in [2.24, 2.45) is 5.92 Å². The van der Waals surface area contributed by atoms with Gasteiger partial charge in [-0.2, -0.15) is 0 Å². The van der Waals surface area contributed by atoms with Crippen LogP contribution >= 0.6 is 0 Å². The fourth-order valence-corrected chi connectivity index (χ4v) is 9.71. The lowest BCUT2D eigenvalue weighted by molar-refractivity contribution is -0.366. The van der Waals surface area contributed by atoms with Gasteiger partial charge >= 0.3 is 0 Å². The molecule has 30 heteroatoms. The second kappa shape index (κ2) is 36.4. The zero-order valence-electron chi connectivity index (χ0n) is 46.1. The van der Waals surface area contributed by atoms with E-state index in [9.17, 15) is 90.4 Å². The number of ether oxygens (including phenoxy) is 7. The normalized spacial score (nSPS) is 34.7. The quantitative estimate of drug-likeness (QED) is 0.0262. The molecule has 3 saturated heterocycles. The molecule has 30 nitrogen and oxygen atoms in total. The number of amides is 5. The summed E-state index contributed by atoms with van der Waals surface area (Å²) in [4.78, 5) is 63.5. The van der Waals surface area contributed by atoms with Crippen LogP contribution in [-0.4, -0.2) is 278 Å². The molecule has 81 heavy (non-hydrogen) atoms. The summed E-state index contributed by atoms with van der Waals surface area (Å²) in [7, 11) is 0. The molecule has 0 spiro atoms. The second-order valence-corrected chi connectivity index (χ2v) is 21.0. The Kier molecular flexibility index (Phi) is 31.5. The number of hydrogen-bond donors (Lipinski definition) is 18. The van der Waals surface area contributed by atoms with Crippen molar-refractivity contribution in [1.29, 1.82) is 0 Å². The molecule has 0 bridgehead atoms. The lowest BCUT2D eigenvalue weighted by atomic mass is 9.82. The fraction of sp³-hybridized carbons (Fsp3) is 0.902. The van der Waals surface area contributed by atoms with Gasteiger partial charge in [0.15, 0.2) is 18.9 Å². The standard InChI is InChI=1S/C51H91N5O25/c1-3-52-32(59)13-6-4-5-7-16-35(62)56-27(12-10-11-17-53-33(60)14-8-9-15-34(61)54-18-20-75-28-22-26(2)36(63)41(68)37(28)64)48(74)55-19-21-76-50-46(73)47(81-51-45(72)43(70)39(66)30(24-58)79-51)40(67)31(80-50)25-77-49-44(71)42(69)38(65)29(23-57)78-49/h26-31,36-47,49-51,57-58,63-73H,3-25H2,1-2H3,(H,52,59)(H,53,60)(H,54,61)(H,55,74)(H,56,62)/t26-,27+,28-,29-,30-,31-,36-,37-,38-,39-,40-,41-,42+,43+,44+,45+,46+,47+,49+,50+,51-/m1/s1. The molecule has 5 amide bonds. The third kappa shape index (κ3) is 22.2. The molecule has 4 fully saturated rings. The van der Waals surface area contributed by atoms with Crippen molar-refractivity contribution in [1.82, 2.24) is 26.6 Å². The molecule has 4 aliphatic rings. The molecule has 21 atom stereocenters. The van der Waals surface area contributed by atoms with Gasteiger partial charge in [0.05, 0.1) is 45.2 Å². The smallest absolute Gasteiger partial charge is 0.242 e. The summed E-state index contributed by atoms with van der Waals surface area (Å²) in [6.45, 7) is 1.69. The van der Waals surface area contributed by atoms with E-state index in [1.54, 1.807) is 6.92 Å². The minimum Gasteiger partial charge on any atom is -0.394 e. The SMILES string of the molecule is CCNC(=O)CCCCCCC(=O)N[C@@H](CCCCNC(=O)CCCCC(=O)NCCO[C@@H]1C[C@@H](C)[C@@H](O)[C@@H](O)[C@@H]1O)C(=O)NCCO[C@H]1O[C@H](CO[C@H]2O[C@H](CO)[C@@H](O)[C@H](O)[C@@H]2O)[C@@H](O)[C@H](O[C@H]2O[C@H](CO)[C@@H](O)[C@H](O)[C@@H]2O)[C@@H]1O.